The van der Waals surface area contributed by atoms with Crippen molar-refractivity contribution in [3.8, 4) is 11.3 Å². The lowest BCUT2D eigenvalue weighted by atomic mass is 10.1. The summed E-state index contributed by atoms with van der Waals surface area (Å²) in [5.41, 5.74) is 3.54. The predicted octanol–water partition coefficient (Wildman–Crippen LogP) is 2.64. The lowest BCUT2D eigenvalue weighted by Crippen LogP contribution is -2.33. The van der Waals surface area contributed by atoms with Gasteiger partial charge in [-0.3, -0.25) is 9.48 Å². The molecule has 1 aliphatic heterocycles. The van der Waals surface area contributed by atoms with E-state index in [0.717, 1.165) is 18.7 Å². The third-order valence-corrected chi connectivity index (χ3v) is 5.23. The first-order chi connectivity index (χ1) is 11.3. The van der Waals surface area contributed by atoms with E-state index < -0.39 is 0 Å². The highest BCUT2D eigenvalue weighted by atomic mass is 32.1. The molecule has 1 atom stereocenters. The molecule has 23 heavy (non-hydrogen) atoms. The maximum atomic E-state index is 12.0. The SMILES string of the molecule is O=C(NCCn1nc(-c2ccsc2)cc1C1CC1)C1CCOC1. The van der Waals surface area contributed by atoms with Crippen molar-refractivity contribution in [1.82, 2.24) is 15.1 Å². The Morgan fingerprint density at radius 2 is 2.35 bits per heavy atom. The number of nitrogens with zero attached hydrogens (tertiary/aromatic N) is 2. The summed E-state index contributed by atoms with van der Waals surface area (Å²) in [4.78, 5) is 12.0. The van der Waals surface area contributed by atoms with Crippen LogP contribution in [0, 0.1) is 5.92 Å². The van der Waals surface area contributed by atoms with Crippen LogP contribution in [0.2, 0.25) is 0 Å². The molecule has 1 saturated carbocycles. The van der Waals surface area contributed by atoms with Crippen molar-refractivity contribution in [3.63, 3.8) is 0 Å². The average Bonchev–Trinajstić information content (AvgIpc) is 3.05. The molecule has 5 nitrogen and oxygen atoms in total. The number of hydrogen-bond acceptors (Lipinski definition) is 4. The molecule has 6 heteroatoms. The summed E-state index contributed by atoms with van der Waals surface area (Å²) in [7, 11) is 0. The van der Waals surface area contributed by atoms with E-state index in [9.17, 15) is 4.79 Å². The normalized spacial score (nSPS) is 20.8. The van der Waals surface area contributed by atoms with Gasteiger partial charge in [0.05, 0.1) is 24.8 Å². The fourth-order valence-corrected chi connectivity index (χ4v) is 3.69. The minimum absolute atomic E-state index is 0.0249. The molecule has 0 aromatic carbocycles. The monoisotopic (exact) mass is 331 g/mol. The number of ether oxygens (including phenoxy) is 1. The van der Waals surface area contributed by atoms with Gasteiger partial charge < -0.3 is 10.1 Å². The smallest absolute Gasteiger partial charge is 0.225 e. The molecular formula is C17H21N3O2S. The van der Waals surface area contributed by atoms with E-state index in [-0.39, 0.29) is 11.8 Å². The number of nitrogens with one attached hydrogen (secondary N) is 1. The van der Waals surface area contributed by atoms with Gasteiger partial charge in [-0.05, 0) is 36.8 Å². The fraction of sp³-hybridized carbons (Fsp3) is 0.529. The van der Waals surface area contributed by atoms with Gasteiger partial charge in [-0.2, -0.15) is 16.4 Å². The van der Waals surface area contributed by atoms with Crippen molar-refractivity contribution in [2.45, 2.75) is 31.7 Å². The first kappa shape index (κ1) is 14.9. The van der Waals surface area contributed by atoms with E-state index in [0.29, 0.717) is 25.7 Å². The van der Waals surface area contributed by atoms with Gasteiger partial charge in [-0.25, -0.2) is 0 Å². The van der Waals surface area contributed by atoms with Crippen molar-refractivity contribution in [1.29, 1.82) is 0 Å². The molecule has 1 N–H and O–H groups in total. The molecule has 1 saturated heterocycles. The van der Waals surface area contributed by atoms with E-state index in [1.165, 1.54) is 24.1 Å². The summed E-state index contributed by atoms with van der Waals surface area (Å²) in [6.07, 6.45) is 3.34. The lowest BCUT2D eigenvalue weighted by Gasteiger charge is -2.10. The molecule has 2 aromatic heterocycles. The minimum atomic E-state index is 0.0249. The first-order valence-corrected chi connectivity index (χ1v) is 9.21. The first-order valence-electron chi connectivity index (χ1n) is 8.27. The van der Waals surface area contributed by atoms with Gasteiger partial charge in [-0.15, -0.1) is 0 Å². The number of aromatic nitrogens is 2. The van der Waals surface area contributed by atoms with Crippen LogP contribution in [0.1, 0.15) is 30.9 Å². The summed E-state index contributed by atoms with van der Waals surface area (Å²) in [6, 6.07) is 4.32. The van der Waals surface area contributed by atoms with E-state index in [1.54, 1.807) is 11.3 Å². The highest BCUT2D eigenvalue weighted by Gasteiger charge is 2.28. The van der Waals surface area contributed by atoms with Crippen LogP contribution in [0.15, 0.2) is 22.9 Å². The standard InChI is InChI=1S/C17H21N3O2S/c21-17(13-3-7-22-10-13)18-5-6-20-16(12-1-2-12)9-15(19-20)14-4-8-23-11-14/h4,8-9,11-13H,1-3,5-7,10H2,(H,18,21). The highest BCUT2D eigenvalue weighted by molar-refractivity contribution is 7.08. The molecular weight excluding hydrogens is 310 g/mol. The fourth-order valence-electron chi connectivity index (χ4n) is 3.04. The number of hydrogen-bond donors (Lipinski definition) is 1. The van der Waals surface area contributed by atoms with E-state index in [1.807, 2.05) is 0 Å². The number of amides is 1. The third-order valence-electron chi connectivity index (χ3n) is 4.55. The minimum Gasteiger partial charge on any atom is -0.381 e. The van der Waals surface area contributed by atoms with Crippen LogP contribution in [0.25, 0.3) is 11.3 Å². The summed E-state index contributed by atoms with van der Waals surface area (Å²) in [5, 5.41) is 12.0. The van der Waals surface area contributed by atoms with Gasteiger partial charge in [0.1, 0.15) is 0 Å². The van der Waals surface area contributed by atoms with Crippen LogP contribution in [0.5, 0.6) is 0 Å². The Hall–Kier alpha value is -1.66. The summed E-state index contributed by atoms with van der Waals surface area (Å²) < 4.78 is 7.35. The summed E-state index contributed by atoms with van der Waals surface area (Å²) >= 11 is 1.69. The van der Waals surface area contributed by atoms with Crippen molar-refractivity contribution < 1.29 is 9.53 Å². The molecule has 2 aliphatic rings. The number of thiophene rings is 1. The molecule has 0 bridgehead atoms. The predicted molar refractivity (Wildman–Crippen MR) is 89.5 cm³/mol. The number of rotatable bonds is 6. The van der Waals surface area contributed by atoms with Gasteiger partial charge in [0.15, 0.2) is 0 Å². The van der Waals surface area contributed by atoms with Crippen LogP contribution in [0.3, 0.4) is 0 Å². The largest absolute Gasteiger partial charge is 0.381 e. The van der Waals surface area contributed by atoms with Crippen LogP contribution in [-0.2, 0) is 16.1 Å². The zero-order chi connectivity index (χ0) is 15.6. The molecule has 0 spiro atoms. The Labute approximate surface area is 139 Å². The van der Waals surface area contributed by atoms with E-state index in [2.05, 4.69) is 32.9 Å². The third kappa shape index (κ3) is 3.33. The van der Waals surface area contributed by atoms with Crippen LogP contribution in [-0.4, -0.2) is 35.4 Å². The Balaban J connectivity index is 1.40. The molecule has 1 aliphatic carbocycles. The maximum absolute atomic E-state index is 12.0. The second-order valence-corrected chi connectivity index (χ2v) is 7.10. The molecule has 0 radical (unpaired) electrons. The van der Waals surface area contributed by atoms with Gasteiger partial charge in [0, 0.05) is 35.7 Å². The zero-order valence-corrected chi connectivity index (χ0v) is 13.8. The maximum Gasteiger partial charge on any atom is 0.225 e. The second kappa shape index (κ2) is 6.45. The average molecular weight is 331 g/mol. The van der Waals surface area contributed by atoms with Crippen molar-refractivity contribution in [2.75, 3.05) is 19.8 Å². The van der Waals surface area contributed by atoms with E-state index >= 15 is 0 Å². The van der Waals surface area contributed by atoms with E-state index in [4.69, 9.17) is 9.84 Å². The van der Waals surface area contributed by atoms with Gasteiger partial charge in [0.2, 0.25) is 5.91 Å². The Morgan fingerprint density at radius 1 is 1.43 bits per heavy atom. The van der Waals surface area contributed by atoms with Crippen LogP contribution >= 0.6 is 11.3 Å². The Bertz CT molecular complexity index is 670. The van der Waals surface area contributed by atoms with Gasteiger partial charge >= 0.3 is 0 Å². The molecule has 2 fully saturated rings. The molecule has 4 rings (SSSR count). The summed E-state index contributed by atoms with van der Waals surface area (Å²) in [6.45, 7) is 2.62. The molecule has 3 heterocycles. The molecule has 2 aromatic rings. The Morgan fingerprint density at radius 3 is 3.04 bits per heavy atom. The molecule has 1 amide bonds. The van der Waals surface area contributed by atoms with Crippen molar-refractivity contribution >= 4 is 17.2 Å². The Kier molecular flexibility index (Phi) is 4.18. The van der Waals surface area contributed by atoms with Gasteiger partial charge in [-0.1, -0.05) is 0 Å². The quantitative estimate of drug-likeness (QED) is 0.885. The van der Waals surface area contributed by atoms with Crippen molar-refractivity contribution in [3.05, 3.63) is 28.6 Å². The number of carbonyl (C=O) groups excluding carboxylic acids is 1. The van der Waals surface area contributed by atoms with Crippen LogP contribution in [0.4, 0.5) is 0 Å². The lowest BCUT2D eigenvalue weighted by molar-refractivity contribution is -0.124. The topological polar surface area (TPSA) is 56.2 Å². The highest BCUT2D eigenvalue weighted by Crippen LogP contribution is 2.41. The summed E-state index contributed by atoms with van der Waals surface area (Å²) in [5.74, 6) is 0.784. The van der Waals surface area contributed by atoms with Crippen LogP contribution < -0.4 is 5.32 Å². The molecule has 122 valence electrons. The molecule has 1 unspecified atom stereocenters. The zero-order valence-electron chi connectivity index (χ0n) is 13.0. The second-order valence-electron chi connectivity index (χ2n) is 6.32. The number of carbonyl (C=O) groups is 1. The van der Waals surface area contributed by atoms with Crippen molar-refractivity contribution in [2.24, 2.45) is 5.92 Å². The van der Waals surface area contributed by atoms with Gasteiger partial charge in [0.25, 0.3) is 0 Å².